The maximum Gasteiger partial charge on any atom is 0.0912 e. The van der Waals surface area contributed by atoms with Crippen LogP contribution in [0, 0.1) is 0 Å². The summed E-state index contributed by atoms with van der Waals surface area (Å²) >= 11 is 5.85. The largest absolute Gasteiger partial charge is 0.387 e. The summed E-state index contributed by atoms with van der Waals surface area (Å²) in [5.74, 6) is 0. The first-order chi connectivity index (χ1) is 8.20. The van der Waals surface area contributed by atoms with Crippen LogP contribution in [0.25, 0.3) is 11.1 Å². The van der Waals surface area contributed by atoms with Crippen molar-refractivity contribution in [3.05, 3.63) is 59.1 Å². The summed E-state index contributed by atoms with van der Waals surface area (Å²) in [5, 5.41) is 10.4. The fourth-order valence-electron chi connectivity index (χ4n) is 1.70. The van der Waals surface area contributed by atoms with E-state index in [2.05, 4.69) is 0 Å². The van der Waals surface area contributed by atoms with Gasteiger partial charge in [0.1, 0.15) is 0 Å². The maximum atomic E-state index is 9.70. The number of benzene rings is 2. The van der Waals surface area contributed by atoms with Crippen molar-refractivity contribution in [1.29, 1.82) is 0 Å². The average molecular weight is 248 g/mol. The SMILES string of the molecule is NCC(O)c1cccc(-c2ccc(Cl)cc2)c1. The van der Waals surface area contributed by atoms with Crippen LogP contribution < -0.4 is 5.73 Å². The lowest BCUT2D eigenvalue weighted by Gasteiger charge is -2.10. The van der Waals surface area contributed by atoms with Crippen LogP contribution in [0.5, 0.6) is 0 Å². The van der Waals surface area contributed by atoms with Gasteiger partial charge in [-0.15, -0.1) is 0 Å². The molecule has 0 heterocycles. The number of rotatable bonds is 3. The quantitative estimate of drug-likeness (QED) is 0.876. The number of nitrogens with two attached hydrogens (primary N) is 1. The fraction of sp³-hybridized carbons (Fsp3) is 0.143. The lowest BCUT2D eigenvalue weighted by Crippen LogP contribution is -2.11. The zero-order valence-corrected chi connectivity index (χ0v) is 10.1. The van der Waals surface area contributed by atoms with Gasteiger partial charge < -0.3 is 10.8 Å². The highest BCUT2D eigenvalue weighted by Crippen LogP contribution is 2.24. The Morgan fingerprint density at radius 2 is 1.76 bits per heavy atom. The molecule has 1 atom stereocenters. The Labute approximate surface area is 106 Å². The van der Waals surface area contributed by atoms with E-state index >= 15 is 0 Å². The van der Waals surface area contributed by atoms with E-state index in [-0.39, 0.29) is 6.54 Å². The first-order valence-corrected chi connectivity index (χ1v) is 5.82. The minimum atomic E-state index is -0.609. The van der Waals surface area contributed by atoms with Gasteiger partial charge in [0.2, 0.25) is 0 Å². The number of halogens is 1. The second-order valence-electron chi connectivity index (χ2n) is 3.88. The van der Waals surface area contributed by atoms with Crippen molar-refractivity contribution in [2.75, 3.05) is 6.54 Å². The molecule has 0 aliphatic heterocycles. The average Bonchev–Trinajstić information content (AvgIpc) is 2.39. The molecule has 0 bridgehead atoms. The summed E-state index contributed by atoms with van der Waals surface area (Å²) in [6.07, 6.45) is -0.609. The van der Waals surface area contributed by atoms with E-state index in [4.69, 9.17) is 17.3 Å². The Balaban J connectivity index is 2.36. The molecule has 0 fully saturated rings. The summed E-state index contributed by atoms with van der Waals surface area (Å²) in [7, 11) is 0. The smallest absolute Gasteiger partial charge is 0.0912 e. The molecule has 0 saturated carbocycles. The number of hydrogen-bond donors (Lipinski definition) is 2. The predicted octanol–water partition coefficient (Wildman–Crippen LogP) is 3.00. The minimum Gasteiger partial charge on any atom is -0.387 e. The molecule has 1 unspecified atom stereocenters. The third kappa shape index (κ3) is 2.86. The second-order valence-corrected chi connectivity index (χ2v) is 4.32. The van der Waals surface area contributed by atoms with E-state index in [0.29, 0.717) is 5.02 Å². The van der Waals surface area contributed by atoms with E-state index in [0.717, 1.165) is 16.7 Å². The zero-order valence-electron chi connectivity index (χ0n) is 9.31. The van der Waals surface area contributed by atoms with Crippen molar-refractivity contribution in [1.82, 2.24) is 0 Å². The van der Waals surface area contributed by atoms with E-state index < -0.39 is 6.10 Å². The van der Waals surface area contributed by atoms with Crippen molar-refractivity contribution in [3.8, 4) is 11.1 Å². The van der Waals surface area contributed by atoms with Gasteiger partial charge in [0, 0.05) is 11.6 Å². The van der Waals surface area contributed by atoms with Crippen LogP contribution >= 0.6 is 11.6 Å². The van der Waals surface area contributed by atoms with Crippen LogP contribution in [0.4, 0.5) is 0 Å². The van der Waals surface area contributed by atoms with E-state index in [1.807, 2.05) is 48.5 Å². The van der Waals surface area contributed by atoms with Crippen LogP contribution in [0.3, 0.4) is 0 Å². The molecule has 17 heavy (non-hydrogen) atoms. The normalized spacial score (nSPS) is 12.4. The lowest BCUT2D eigenvalue weighted by atomic mass is 10.0. The van der Waals surface area contributed by atoms with Gasteiger partial charge >= 0.3 is 0 Å². The first kappa shape index (κ1) is 12.1. The van der Waals surface area contributed by atoms with Crippen LogP contribution in [-0.2, 0) is 0 Å². The molecule has 0 spiro atoms. The molecule has 2 rings (SSSR count). The molecule has 2 aromatic rings. The van der Waals surface area contributed by atoms with Gasteiger partial charge in [0.15, 0.2) is 0 Å². The molecule has 2 aromatic carbocycles. The third-order valence-corrected chi connectivity index (χ3v) is 2.92. The molecule has 0 aromatic heterocycles. The summed E-state index contributed by atoms with van der Waals surface area (Å²) in [5.41, 5.74) is 8.40. The van der Waals surface area contributed by atoms with E-state index in [9.17, 15) is 5.11 Å². The molecule has 88 valence electrons. The summed E-state index contributed by atoms with van der Waals surface area (Å²) in [4.78, 5) is 0. The number of aliphatic hydroxyl groups excluding tert-OH is 1. The number of hydrogen-bond acceptors (Lipinski definition) is 2. The van der Waals surface area contributed by atoms with Gasteiger partial charge in [0.05, 0.1) is 6.10 Å². The minimum absolute atomic E-state index is 0.226. The van der Waals surface area contributed by atoms with Crippen molar-refractivity contribution in [2.45, 2.75) is 6.10 Å². The maximum absolute atomic E-state index is 9.70. The molecule has 0 aliphatic carbocycles. The summed E-state index contributed by atoms with van der Waals surface area (Å²) in [6.45, 7) is 0.226. The van der Waals surface area contributed by atoms with Crippen molar-refractivity contribution in [2.24, 2.45) is 5.73 Å². The Bertz CT molecular complexity index is 496. The van der Waals surface area contributed by atoms with Crippen LogP contribution in [0.15, 0.2) is 48.5 Å². The molecule has 0 radical (unpaired) electrons. The van der Waals surface area contributed by atoms with Crippen molar-refractivity contribution in [3.63, 3.8) is 0 Å². The Kier molecular flexibility index (Phi) is 3.79. The predicted molar refractivity (Wildman–Crippen MR) is 70.9 cm³/mol. The summed E-state index contributed by atoms with van der Waals surface area (Å²) < 4.78 is 0. The number of aliphatic hydroxyl groups is 1. The van der Waals surface area contributed by atoms with Crippen LogP contribution in [-0.4, -0.2) is 11.7 Å². The van der Waals surface area contributed by atoms with Gasteiger partial charge in [0.25, 0.3) is 0 Å². The van der Waals surface area contributed by atoms with Gasteiger partial charge in [-0.3, -0.25) is 0 Å². The van der Waals surface area contributed by atoms with Crippen molar-refractivity contribution >= 4 is 11.6 Å². The molecular weight excluding hydrogens is 234 g/mol. The Morgan fingerprint density at radius 3 is 2.41 bits per heavy atom. The standard InChI is InChI=1S/C14H14ClNO/c15-13-6-4-10(5-7-13)11-2-1-3-12(8-11)14(17)9-16/h1-8,14,17H,9,16H2. The van der Waals surface area contributed by atoms with Gasteiger partial charge in [-0.2, -0.15) is 0 Å². The van der Waals surface area contributed by atoms with Crippen LogP contribution in [0.2, 0.25) is 5.02 Å². The second kappa shape index (κ2) is 5.32. The Hall–Kier alpha value is -1.35. The lowest BCUT2D eigenvalue weighted by molar-refractivity contribution is 0.187. The molecule has 0 amide bonds. The molecule has 0 aliphatic rings. The molecule has 0 saturated heterocycles. The van der Waals surface area contributed by atoms with E-state index in [1.54, 1.807) is 0 Å². The van der Waals surface area contributed by atoms with Gasteiger partial charge in [-0.1, -0.05) is 41.9 Å². The molecular formula is C14H14ClNO. The first-order valence-electron chi connectivity index (χ1n) is 5.45. The van der Waals surface area contributed by atoms with Gasteiger partial charge in [-0.05, 0) is 34.9 Å². The molecule has 3 heteroatoms. The highest BCUT2D eigenvalue weighted by Gasteiger charge is 2.06. The molecule has 3 N–H and O–H groups in total. The monoisotopic (exact) mass is 247 g/mol. The topological polar surface area (TPSA) is 46.2 Å². The van der Waals surface area contributed by atoms with E-state index in [1.165, 1.54) is 0 Å². The molecule has 2 nitrogen and oxygen atoms in total. The highest BCUT2D eigenvalue weighted by molar-refractivity contribution is 6.30. The highest BCUT2D eigenvalue weighted by atomic mass is 35.5. The third-order valence-electron chi connectivity index (χ3n) is 2.67. The fourth-order valence-corrected chi connectivity index (χ4v) is 1.83. The van der Waals surface area contributed by atoms with Gasteiger partial charge in [-0.25, -0.2) is 0 Å². The van der Waals surface area contributed by atoms with Crippen molar-refractivity contribution < 1.29 is 5.11 Å². The summed E-state index contributed by atoms with van der Waals surface area (Å²) in [6, 6.07) is 15.3. The Morgan fingerprint density at radius 1 is 1.06 bits per heavy atom. The van der Waals surface area contributed by atoms with Crippen LogP contribution in [0.1, 0.15) is 11.7 Å². The zero-order chi connectivity index (χ0) is 12.3.